The van der Waals surface area contributed by atoms with Crippen LogP contribution in [0.3, 0.4) is 0 Å². The predicted octanol–water partition coefficient (Wildman–Crippen LogP) is 4.20. The summed E-state index contributed by atoms with van der Waals surface area (Å²) in [6, 6.07) is 8.97. The maximum Gasteiger partial charge on any atom is 0.146 e. The second kappa shape index (κ2) is 5.94. The van der Waals surface area contributed by atoms with Gasteiger partial charge >= 0.3 is 0 Å². The highest BCUT2D eigenvalue weighted by Crippen LogP contribution is 2.27. The molecule has 1 aliphatic carbocycles. The lowest BCUT2D eigenvalue weighted by molar-refractivity contribution is 0.476. The molecule has 0 amide bonds. The van der Waals surface area contributed by atoms with Crippen LogP contribution in [0.4, 0.5) is 0 Å². The number of aryl methyl sites for hydroxylation is 1. The number of nitrogens with one attached hydrogen (secondary N) is 1. The van der Waals surface area contributed by atoms with Gasteiger partial charge in [0.2, 0.25) is 0 Å². The SMILES string of the molecule is Cc1cc(CNC2CC2)ccc1Oc1cncc(Br)c1. The van der Waals surface area contributed by atoms with Gasteiger partial charge in [-0.15, -0.1) is 0 Å². The summed E-state index contributed by atoms with van der Waals surface area (Å²) in [7, 11) is 0. The number of nitrogens with zero attached hydrogens (tertiary/aromatic N) is 1. The van der Waals surface area contributed by atoms with Gasteiger partial charge in [-0.3, -0.25) is 4.98 Å². The first-order valence-electron chi connectivity index (χ1n) is 6.82. The minimum Gasteiger partial charge on any atom is -0.455 e. The van der Waals surface area contributed by atoms with Crippen LogP contribution < -0.4 is 10.1 Å². The van der Waals surface area contributed by atoms with Crippen LogP contribution in [0.15, 0.2) is 41.1 Å². The van der Waals surface area contributed by atoms with Crippen LogP contribution in [-0.2, 0) is 6.54 Å². The molecule has 20 heavy (non-hydrogen) atoms. The molecule has 0 aliphatic heterocycles. The molecule has 1 aromatic carbocycles. The van der Waals surface area contributed by atoms with E-state index in [0.717, 1.165) is 34.1 Å². The molecule has 1 heterocycles. The lowest BCUT2D eigenvalue weighted by Gasteiger charge is -2.11. The minimum absolute atomic E-state index is 0.735. The smallest absolute Gasteiger partial charge is 0.146 e. The molecule has 1 saturated carbocycles. The van der Waals surface area contributed by atoms with Crippen molar-refractivity contribution in [3.8, 4) is 11.5 Å². The summed E-state index contributed by atoms with van der Waals surface area (Å²) < 4.78 is 6.78. The average molecular weight is 333 g/mol. The average Bonchev–Trinajstić information content (AvgIpc) is 3.23. The summed E-state index contributed by atoms with van der Waals surface area (Å²) in [5.41, 5.74) is 2.44. The maximum absolute atomic E-state index is 5.87. The second-order valence-corrected chi connectivity index (χ2v) is 6.11. The van der Waals surface area contributed by atoms with Gasteiger partial charge in [0.15, 0.2) is 0 Å². The molecule has 0 saturated heterocycles. The van der Waals surface area contributed by atoms with Crippen LogP contribution in [0.1, 0.15) is 24.0 Å². The van der Waals surface area contributed by atoms with Crippen molar-refractivity contribution < 1.29 is 4.74 Å². The summed E-state index contributed by atoms with van der Waals surface area (Å²) in [5, 5.41) is 3.52. The van der Waals surface area contributed by atoms with Gasteiger partial charge in [0, 0.05) is 23.3 Å². The van der Waals surface area contributed by atoms with Gasteiger partial charge in [-0.1, -0.05) is 12.1 Å². The molecular formula is C16H17BrN2O. The van der Waals surface area contributed by atoms with E-state index in [1.807, 2.05) is 12.1 Å². The van der Waals surface area contributed by atoms with Crippen molar-refractivity contribution in [2.45, 2.75) is 32.4 Å². The van der Waals surface area contributed by atoms with E-state index >= 15 is 0 Å². The molecule has 104 valence electrons. The lowest BCUT2D eigenvalue weighted by Crippen LogP contribution is -2.15. The van der Waals surface area contributed by atoms with E-state index in [0.29, 0.717) is 0 Å². The lowest BCUT2D eigenvalue weighted by atomic mass is 10.1. The Kier molecular flexibility index (Phi) is 4.03. The molecule has 0 radical (unpaired) electrons. The fourth-order valence-electron chi connectivity index (χ4n) is 2.06. The number of hydrogen-bond acceptors (Lipinski definition) is 3. The zero-order valence-electron chi connectivity index (χ0n) is 11.4. The van der Waals surface area contributed by atoms with Crippen LogP contribution in [-0.4, -0.2) is 11.0 Å². The van der Waals surface area contributed by atoms with Crippen LogP contribution in [0, 0.1) is 6.92 Å². The number of benzene rings is 1. The number of halogens is 1. The Morgan fingerprint density at radius 3 is 2.85 bits per heavy atom. The Labute approximate surface area is 127 Å². The summed E-state index contributed by atoms with van der Waals surface area (Å²) in [4.78, 5) is 4.10. The molecule has 3 nitrogen and oxygen atoms in total. The van der Waals surface area contributed by atoms with Crippen molar-refractivity contribution in [3.63, 3.8) is 0 Å². The highest BCUT2D eigenvalue weighted by Gasteiger charge is 2.19. The Morgan fingerprint density at radius 2 is 2.15 bits per heavy atom. The van der Waals surface area contributed by atoms with Crippen LogP contribution in [0.25, 0.3) is 0 Å². The van der Waals surface area contributed by atoms with E-state index < -0.39 is 0 Å². The monoisotopic (exact) mass is 332 g/mol. The first kappa shape index (κ1) is 13.6. The largest absolute Gasteiger partial charge is 0.455 e. The Balaban J connectivity index is 1.69. The van der Waals surface area contributed by atoms with E-state index in [-0.39, 0.29) is 0 Å². The van der Waals surface area contributed by atoms with Gasteiger partial charge in [0.25, 0.3) is 0 Å². The number of rotatable bonds is 5. The zero-order chi connectivity index (χ0) is 13.9. The van der Waals surface area contributed by atoms with E-state index in [1.54, 1.807) is 12.4 Å². The van der Waals surface area contributed by atoms with Crippen molar-refractivity contribution in [2.24, 2.45) is 0 Å². The summed E-state index contributed by atoms with van der Waals surface area (Å²) >= 11 is 3.39. The highest BCUT2D eigenvalue weighted by molar-refractivity contribution is 9.10. The molecule has 1 N–H and O–H groups in total. The van der Waals surface area contributed by atoms with Gasteiger partial charge in [-0.2, -0.15) is 0 Å². The molecule has 0 unspecified atom stereocenters. The van der Waals surface area contributed by atoms with Crippen molar-refractivity contribution >= 4 is 15.9 Å². The molecule has 4 heteroatoms. The Bertz CT molecular complexity index is 611. The standard InChI is InChI=1S/C16H17BrN2O/c1-11-6-12(8-19-14-3-4-14)2-5-16(11)20-15-7-13(17)9-18-10-15/h2,5-7,9-10,14,19H,3-4,8H2,1H3. The normalized spacial score (nSPS) is 14.3. The van der Waals surface area contributed by atoms with Gasteiger partial charge in [-0.05, 0) is 59.0 Å². The number of ether oxygens (including phenoxy) is 1. The molecule has 1 aromatic heterocycles. The molecule has 2 aromatic rings. The van der Waals surface area contributed by atoms with Gasteiger partial charge in [0.05, 0.1) is 6.20 Å². The van der Waals surface area contributed by atoms with Gasteiger partial charge in [0.1, 0.15) is 11.5 Å². The van der Waals surface area contributed by atoms with Crippen LogP contribution in [0.5, 0.6) is 11.5 Å². The Morgan fingerprint density at radius 1 is 1.30 bits per heavy atom. The fourth-order valence-corrected chi connectivity index (χ4v) is 2.40. The molecule has 0 spiro atoms. The zero-order valence-corrected chi connectivity index (χ0v) is 13.0. The summed E-state index contributed by atoms with van der Waals surface area (Å²) in [5.74, 6) is 1.62. The van der Waals surface area contributed by atoms with Crippen LogP contribution >= 0.6 is 15.9 Å². The van der Waals surface area contributed by atoms with Crippen molar-refractivity contribution in [1.29, 1.82) is 0 Å². The van der Waals surface area contributed by atoms with E-state index in [2.05, 4.69) is 45.3 Å². The number of aromatic nitrogens is 1. The first-order valence-corrected chi connectivity index (χ1v) is 7.61. The van der Waals surface area contributed by atoms with Crippen LogP contribution in [0.2, 0.25) is 0 Å². The van der Waals surface area contributed by atoms with Crippen molar-refractivity contribution in [1.82, 2.24) is 10.3 Å². The number of pyridine rings is 1. The molecule has 0 bridgehead atoms. The summed E-state index contributed by atoms with van der Waals surface area (Å²) in [6.45, 7) is 3.01. The van der Waals surface area contributed by atoms with E-state index in [9.17, 15) is 0 Å². The third-order valence-corrected chi connectivity index (χ3v) is 3.75. The van der Waals surface area contributed by atoms with Gasteiger partial charge < -0.3 is 10.1 Å². The third-order valence-electron chi connectivity index (χ3n) is 3.32. The fraction of sp³-hybridized carbons (Fsp3) is 0.312. The molecule has 0 atom stereocenters. The highest BCUT2D eigenvalue weighted by atomic mass is 79.9. The number of hydrogen-bond donors (Lipinski definition) is 1. The minimum atomic E-state index is 0.735. The Hall–Kier alpha value is -1.39. The van der Waals surface area contributed by atoms with E-state index in [1.165, 1.54) is 18.4 Å². The maximum atomic E-state index is 5.87. The second-order valence-electron chi connectivity index (χ2n) is 5.20. The third kappa shape index (κ3) is 3.58. The quantitative estimate of drug-likeness (QED) is 0.891. The van der Waals surface area contributed by atoms with Crippen molar-refractivity contribution in [3.05, 3.63) is 52.3 Å². The van der Waals surface area contributed by atoms with Crippen molar-refractivity contribution in [2.75, 3.05) is 0 Å². The molecule has 3 rings (SSSR count). The summed E-state index contributed by atoms with van der Waals surface area (Å²) in [6.07, 6.45) is 6.09. The first-order chi connectivity index (χ1) is 9.70. The molecule has 1 fully saturated rings. The molecular weight excluding hydrogens is 316 g/mol. The topological polar surface area (TPSA) is 34.1 Å². The van der Waals surface area contributed by atoms with E-state index in [4.69, 9.17) is 4.74 Å². The predicted molar refractivity (Wildman–Crippen MR) is 83.1 cm³/mol. The van der Waals surface area contributed by atoms with Gasteiger partial charge in [-0.25, -0.2) is 0 Å². The molecule has 1 aliphatic rings.